The highest BCUT2D eigenvalue weighted by Crippen LogP contribution is 2.43. The van der Waals surface area contributed by atoms with Crippen molar-refractivity contribution in [2.24, 2.45) is 9.81 Å². The van der Waals surface area contributed by atoms with Crippen molar-refractivity contribution in [3.63, 3.8) is 0 Å². The Kier molecular flexibility index (Phi) is 2.43. The van der Waals surface area contributed by atoms with Gasteiger partial charge in [0.05, 0.1) is 4.75 Å². The fourth-order valence-corrected chi connectivity index (χ4v) is 1.33. The molecule has 0 radical (unpaired) electrons. The number of hydrogen-bond donors (Lipinski definition) is 0. The Morgan fingerprint density at radius 1 is 1.42 bits per heavy atom. The topological polar surface area (TPSA) is 29.4 Å². The molecule has 0 aromatic heterocycles. The molecule has 3 heteroatoms. The van der Waals surface area contributed by atoms with Crippen molar-refractivity contribution >= 4 is 17.2 Å². The van der Waals surface area contributed by atoms with Crippen LogP contribution in [0.25, 0.3) is 0 Å². The molecule has 0 aliphatic heterocycles. The lowest BCUT2D eigenvalue weighted by molar-refractivity contribution is 0.650. The fourth-order valence-electron chi connectivity index (χ4n) is 0.659. The first-order valence-electron chi connectivity index (χ1n) is 4.31. The molecule has 0 heterocycles. The fraction of sp³-hybridized carbons (Fsp3) is 0.889. The van der Waals surface area contributed by atoms with Gasteiger partial charge in [-0.2, -0.15) is 4.40 Å². The van der Waals surface area contributed by atoms with E-state index < -0.39 is 11.0 Å². The Morgan fingerprint density at radius 2 is 1.92 bits per heavy atom. The third-order valence-electron chi connectivity index (χ3n) is 2.02. The van der Waals surface area contributed by atoms with Crippen LogP contribution in [-0.2, 0) is 11.0 Å². The Balaban J connectivity index is 2.51. The number of rotatable bonds is 2. The van der Waals surface area contributed by atoms with E-state index in [0.717, 1.165) is 0 Å². The molecule has 1 rings (SSSR count). The van der Waals surface area contributed by atoms with Crippen LogP contribution >= 0.6 is 0 Å². The van der Waals surface area contributed by atoms with Gasteiger partial charge in [-0.15, -0.1) is 0 Å². The smallest absolute Gasteiger partial charge is 0.144 e. The van der Waals surface area contributed by atoms with Crippen LogP contribution in [0.5, 0.6) is 0 Å². The molecule has 0 saturated heterocycles. The van der Waals surface area contributed by atoms with Gasteiger partial charge in [0.2, 0.25) is 0 Å². The summed E-state index contributed by atoms with van der Waals surface area (Å²) in [5, 5.41) is 0. The van der Waals surface area contributed by atoms with Gasteiger partial charge < -0.3 is 0 Å². The highest BCUT2D eigenvalue weighted by atomic mass is 32.2. The van der Waals surface area contributed by atoms with Gasteiger partial charge in [0.25, 0.3) is 0 Å². The maximum absolute atomic E-state index is 11.5. The first-order chi connectivity index (χ1) is 5.33. The molecule has 1 atom stereocenters. The Bertz CT molecular complexity index is 223. The van der Waals surface area contributed by atoms with Crippen molar-refractivity contribution in [1.29, 1.82) is 0 Å². The van der Waals surface area contributed by atoms with E-state index >= 15 is 0 Å². The van der Waals surface area contributed by atoms with Crippen molar-refractivity contribution in [2.45, 2.75) is 45.3 Å². The SMILES string of the molecule is CC1(C=N[S@@](=O)C(C)(C)C)CC1. The van der Waals surface area contributed by atoms with Gasteiger partial charge >= 0.3 is 0 Å². The van der Waals surface area contributed by atoms with Crippen LogP contribution in [0.1, 0.15) is 40.5 Å². The Hall–Kier alpha value is -0.180. The molecule has 1 aliphatic carbocycles. The Labute approximate surface area is 77.1 Å². The standard InChI is InChI=1S/C9H17NOS/c1-8(2,3)12(11)10-7-9(4)5-6-9/h7H,5-6H2,1-4H3/t12-/m0/s1. The summed E-state index contributed by atoms with van der Waals surface area (Å²) < 4.78 is 15.3. The zero-order valence-electron chi connectivity index (χ0n) is 8.26. The van der Waals surface area contributed by atoms with Crippen LogP contribution < -0.4 is 0 Å². The quantitative estimate of drug-likeness (QED) is 0.610. The third kappa shape index (κ3) is 2.70. The van der Waals surface area contributed by atoms with E-state index in [1.54, 1.807) is 0 Å². The second kappa shape index (κ2) is 2.95. The minimum atomic E-state index is -1.07. The van der Waals surface area contributed by atoms with Crippen LogP contribution in [0, 0.1) is 5.41 Å². The number of nitrogens with zero attached hydrogens (tertiary/aromatic N) is 1. The van der Waals surface area contributed by atoms with Crippen molar-refractivity contribution in [1.82, 2.24) is 0 Å². The molecule has 0 unspecified atom stereocenters. The van der Waals surface area contributed by atoms with Crippen LogP contribution in [0.2, 0.25) is 0 Å². The molecule has 0 aromatic rings. The van der Waals surface area contributed by atoms with Crippen molar-refractivity contribution in [2.75, 3.05) is 0 Å². The molecule has 1 saturated carbocycles. The van der Waals surface area contributed by atoms with Gasteiger partial charge in [0.15, 0.2) is 0 Å². The summed E-state index contributed by atoms with van der Waals surface area (Å²) in [5.74, 6) is 0. The van der Waals surface area contributed by atoms with E-state index in [4.69, 9.17) is 0 Å². The van der Waals surface area contributed by atoms with Crippen molar-refractivity contribution in [3.8, 4) is 0 Å². The molecule has 1 aliphatic rings. The monoisotopic (exact) mass is 187 g/mol. The second-order valence-electron chi connectivity index (χ2n) is 4.75. The lowest BCUT2D eigenvalue weighted by atomic mass is 10.2. The van der Waals surface area contributed by atoms with Gasteiger partial charge in [-0.25, -0.2) is 4.21 Å². The lowest BCUT2D eigenvalue weighted by Gasteiger charge is -2.13. The van der Waals surface area contributed by atoms with E-state index in [2.05, 4.69) is 11.3 Å². The van der Waals surface area contributed by atoms with Crippen LogP contribution in [0.4, 0.5) is 0 Å². The van der Waals surface area contributed by atoms with Crippen molar-refractivity contribution in [3.05, 3.63) is 0 Å². The second-order valence-corrected chi connectivity index (χ2v) is 6.68. The first-order valence-corrected chi connectivity index (χ1v) is 5.41. The van der Waals surface area contributed by atoms with Crippen LogP contribution in [-0.4, -0.2) is 15.2 Å². The zero-order valence-corrected chi connectivity index (χ0v) is 9.07. The van der Waals surface area contributed by atoms with Crippen LogP contribution in [0.15, 0.2) is 4.40 Å². The summed E-state index contributed by atoms with van der Waals surface area (Å²) in [5.41, 5.74) is 0.265. The third-order valence-corrected chi connectivity index (χ3v) is 3.37. The number of hydrogen-bond acceptors (Lipinski definition) is 1. The maximum Gasteiger partial charge on any atom is 0.144 e. The highest BCUT2D eigenvalue weighted by Gasteiger charge is 2.35. The summed E-state index contributed by atoms with van der Waals surface area (Å²) in [7, 11) is -1.07. The predicted octanol–water partition coefficient (Wildman–Crippen LogP) is 2.32. The molecule has 0 spiro atoms. The van der Waals surface area contributed by atoms with Gasteiger partial charge in [-0.3, -0.25) is 0 Å². The predicted molar refractivity (Wildman–Crippen MR) is 53.7 cm³/mol. The van der Waals surface area contributed by atoms with E-state index in [0.29, 0.717) is 0 Å². The normalized spacial score (nSPS) is 24.3. The molecule has 0 amide bonds. The van der Waals surface area contributed by atoms with E-state index in [1.165, 1.54) is 12.8 Å². The average Bonchev–Trinajstić information content (AvgIpc) is 2.62. The van der Waals surface area contributed by atoms with Gasteiger partial charge in [-0.1, -0.05) is 6.92 Å². The minimum absolute atomic E-state index is 0.220. The van der Waals surface area contributed by atoms with Crippen molar-refractivity contribution < 1.29 is 4.21 Å². The summed E-state index contributed by atoms with van der Waals surface area (Å²) in [6, 6.07) is 0. The minimum Gasteiger partial charge on any atom is -0.234 e. The summed E-state index contributed by atoms with van der Waals surface area (Å²) in [6.07, 6.45) is 4.25. The first kappa shape index (κ1) is 9.90. The molecule has 12 heavy (non-hydrogen) atoms. The lowest BCUT2D eigenvalue weighted by Crippen LogP contribution is -2.20. The average molecular weight is 187 g/mol. The molecular formula is C9H17NOS. The van der Waals surface area contributed by atoms with E-state index in [9.17, 15) is 4.21 Å². The molecule has 0 N–H and O–H groups in total. The summed E-state index contributed by atoms with van der Waals surface area (Å²) >= 11 is 0. The summed E-state index contributed by atoms with van der Waals surface area (Å²) in [6.45, 7) is 7.97. The highest BCUT2D eigenvalue weighted by molar-refractivity contribution is 7.85. The maximum atomic E-state index is 11.5. The van der Waals surface area contributed by atoms with Gasteiger partial charge in [-0.05, 0) is 33.6 Å². The van der Waals surface area contributed by atoms with E-state index in [-0.39, 0.29) is 10.2 Å². The molecule has 1 fully saturated rings. The van der Waals surface area contributed by atoms with Crippen LogP contribution in [0.3, 0.4) is 0 Å². The molecular weight excluding hydrogens is 170 g/mol. The molecule has 2 nitrogen and oxygen atoms in total. The molecule has 70 valence electrons. The Morgan fingerprint density at radius 3 is 2.25 bits per heavy atom. The summed E-state index contributed by atoms with van der Waals surface area (Å²) in [4.78, 5) is 0. The molecule has 0 bridgehead atoms. The van der Waals surface area contributed by atoms with Gasteiger partial charge in [0.1, 0.15) is 11.0 Å². The zero-order chi connectivity index (χ0) is 9.41. The van der Waals surface area contributed by atoms with Gasteiger partial charge in [0, 0.05) is 11.6 Å². The van der Waals surface area contributed by atoms with E-state index in [1.807, 2.05) is 27.0 Å². The molecule has 0 aromatic carbocycles. The largest absolute Gasteiger partial charge is 0.234 e.